The number of hydrogen-bond donors (Lipinski definition) is 3. The minimum absolute atomic E-state index is 0.141. The molecule has 0 aliphatic carbocycles. The van der Waals surface area contributed by atoms with Crippen LogP contribution in [0.25, 0.3) is 11.0 Å². The van der Waals surface area contributed by atoms with Gasteiger partial charge in [0.2, 0.25) is 0 Å². The molecule has 0 amide bonds. The number of halogens is 4. The molecular weight excluding hydrogens is 517 g/mol. The van der Waals surface area contributed by atoms with Gasteiger partial charge in [-0.05, 0) is 36.4 Å². The summed E-state index contributed by atoms with van der Waals surface area (Å²) in [6.07, 6.45) is -5.25. The fraction of sp³-hybridized carbons (Fsp3) is 0.318. The average molecular weight is 535 g/mol. The number of thioether (sulfide) groups is 1. The predicted octanol–water partition coefficient (Wildman–Crippen LogP) is 3.49. The average Bonchev–Trinajstić information content (AvgIpc) is 2.81. The Hall–Kier alpha value is -1.76. The van der Waals surface area contributed by atoms with Gasteiger partial charge in [-0.1, -0.05) is 35.0 Å². The third kappa shape index (κ3) is 5.09. The van der Waals surface area contributed by atoms with Crippen LogP contribution in [0.2, 0.25) is 10.0 Å². The summed E-state index contributed by atoms with van der Waals surface area (Å²) in [5, 5.41) is 31.3. The largest absolute Gasteiger partial charge is 0.422 e. The second-order valence-electron chi connectivity index (χ2n) is 7.51. The molecule has 1 aromatic heterocycles. The smallest absolute Gasteiger partial charge is 0.341 e. The van der Waals surface area contributed by atoms with E-state index in [1.807, 2.05) is 0 Å². The molecule has 34 heavy (non-hydrogen) atoms. The van der Waals surface area contributed by atoms with Crippen LogP contribution in [0, 0.1) is 11.6 Å². The van der Waals surface area contributed by atoms with Crippen LogP contribution < -0.4 is 5.63 Å². The zero-order valence-electron chi connectivity index (χ0n) is 17.2. The van der Waals surface area contributed by atoms with Crippen molar-refractivity contribution in [2.75, 3.05) is 6.61 Å². The maximum absolute atomic E-state index is 14.1. The van der Waals surface area contributed by atoms with Crippen molar-refractivity contribution in [2.45, 2.75) is 41.4 Å². The highest BCUT2D eigenvalue weighted by Crippen LogP contribution is 2.37. The van der Waals surface area contributed by atoms with Crippen LogP contribution in [0.3, 0.4) is 0 Å². The van der Waals surface area contributed by atoms with Crippen LogP contribution >= 0.6 is 35.0 Å². The van der Waals surface area contributed by atoms with Crippen molar-refractivity contribution in [3.05, 3.63) is 74.1 Å². The maximum atomic E-state index is 14.1. The lowest BCUT2D eigenvalue weighted by Crippen LogP contribution is -2.58. The topological polar surface area (TPSA) is 109 Å². The van der Waals surface area contributed by atoms with Gasteiger partial charge in [-0.3, -0.25) is 0 Å². The lowest BCUT2D eigenvalue weighted by Gasteiger charge is -2.41. The number of hydrogen-bond acceptors (Lipinski definition) is 8. The molecule has 0 saturated carbocycles. The van der Waals surface area contributed by atoms with E-state index < -0.39 is 60.3 Å². The van der Waals surface area contributed by atoms with Gasteiger partial charge in [0, 0.05) is 4.90 Å². The normalized spacial score (nSPS) is 25.1. The van der Waals surface area contributed by atoms with Crippen molar-refractivity contribution in [3.8, 4) is 0 Å². The van der Waals surface area contributed by atoms with Crippen molar-refractivity contribution >= 4 is 45.9 Å². The van der Waals surface area contributed by atoms with E-state index in [0.29, 0.717) is 9.92 Å². The van der Waals surface area contributed by atoms with E-state index >= 15 is 0 Å². The van der Waals surface area contributed by atoms with E-state index in [1.54, 1.807) is 18.2 Å². The molecule has 1 aliphatic heterocycles. The Balaban J connectivity index is 1.56. The maximum Gasteiger partial charge on any atom is 0.341 e. The monoisotopic (exact) mass is 534 g/mol. The first-order valence-corrected chi connectivity index (χ1v) is 11.6. The highest BCUT2D eigenvalue weighted by molar-refractivity contribution is 7.99. The molecule has 0 bridgehead atoms. The predicted molar refractivity (Wildman–Crippen MR) is 121 cm³/mol. The van der Waals surface area contributed by atoms with E-state index in [-0.39, 0.29) is 21.6 Å². The Labute approximate surface area is 205 Å². The molecule has 4 rings (SSSR count). The van der Waals surface area contributed by atoms with Crippen LogP contribution in [0.1, 0.15) is 5.56 Å². The van der Waals surface area contributed by atoms with Crippen LogP contribution in [0.4, 0.5) is 8.78 Å². The van der Waals surface area contributed by atoms with Gasteiger partial charge in [-0.25, -0.2) is 13.6 Å². The van der Waals surface area contributed by atoms with Crippen LogP contribution in [-0.2, 0) is 16.1 Å². The highest BCUT2D eigenvalue weighted by atomic mass is 35.5. The Morgan fingerprint density at radius 2 is 1.82 bits per heavy atom. The zero-order valence-corrected chi connectivity index (χ0v) is 19.5. The van der Waals surface area contributed by atoms with E-state index in [0.717, 1.165) is 30.0 Å². The first kappa shape index (κ1) is 25.3. The SMILES string of the molecule is O=c1oc2ccc(F)c(F)c2cc1CO[C@@H]1[C@@H](O)[C@@H](Sc2ccc(Cl)c(Cl)c2)O[C@H](CO)[C@@H]1O. The molecule has 2 aromatic carbocycles. The van der Waals surface area contributed by atoms with Gasteiger partial charge in [0.1, 0.15) is 35.4 Å². The first-order chi connectivity index (χ1) is 16.2. The van der Waals surface area contributed by atoms with Crippen LogP contribution in [-0.4, -0.2) is 51.8 Å². The third-order valence-electron chi connectivity index (χ3n) is 5.27. The lowest BCUT2D eigenvalue weighted by molar-refractivity contribution is -0.223. The molecular formula is C22H18Cl2F2O7S. The summed E-state index contributed by atoms with van der Waals surface area (Å²) in [5.41, 5.74) is -2.13. The van der Waals surface area contributed by atoms with Crippen molar-refractivity contribution in [2.24, 2.45) is 0 Å². The summed E-state index contributed by atoms with van der Waals surface area (Å²) < 4.78 is 43.9. The summed E-state index contributed by atoms with van der Waals surface area (Å²) in [4.78, 5) is 12.9. The number of rotatable bonds is 6. The molecule has 2 heterocycles. The number of aliphatic hydroxyl groups excluding tert-OH is 3. The number of ether oxygens (including phenoxy) is 2. The molecule has 1 aliphatic rings. The molecule has 5 atom stereocenters. The van der Waals surface area contributed by atoms with E-state index in [2.05, 4.69) is 0 Å². The fourth-order valence-corrected chi connectivity index (χ4v) is 4.95. The molecule has 0 unspecified atom stereocenters. The van der Waals surface area contributed by atoms with Crippen LogP contribution in [0.15, 0.2) is 50.5 Å². The summed E-state index contributed by atoms with van der Waals surface area (Å²) in [6.45, 7) is -1.07. The third-order valence-corrected chi connectivity index (χ3v) is 7.16. The van der Waals surface area contributed by atoms with Crippen molar-refractivity contribution in [3.63, 3.8) is 0 Å². The van der Waals surface area contributed by atoms with Gasteiger partial charge in [-0.15, -0.1) is 0 Å². The Bertz CT molecular complexity index is 1260. The molecule has 0 spiro atoms. The molecule has 182 valence electrons. The number of aliphatic hydroxyl groups is 3. The molecule has 3 aromatic rings. The standard InChI is InChI=1S/C22H18Cl2F2O7S/c23-12-2-1-10(6-13(12)24)34-22-19(29)20(18(28)16(7-27)33-22)31-8-9-5-11-15(32-21(9)30)4-3-14(25)17(11)26/h1-6,16,18-20,22,27-29H,7-8H2/t16-,18+,19-,20+,22-/m1/s1. The molecule has 12 heteroatoms. The molecule has 3 N–H and O–H groups in total. The minimum Gasteiger partial charge on any atom is -0.422 e. The lowest BCUT2D eigenvalue weighted by atomic mass is 10.00. The quantitative estimate of drug-likeness (QED) is 0.412. The van der Waals surface area contributed by atoms with E-state index in [1.165, 1.54) is 0 Å². The second kappa shape index (κ2) is 10.5. The van der Waals surface area contributed by atoms with Crippen molar-refractivity contribution in [1.82, 2.24) is 0 Å². The van der Waals surface area contributed by atoms with Crippen LogP contribution in [0.5, 0.6) is 0 Å². The molecule has 7 nitrogen and oxygen atoms in total. The summed E-state index contributed by atoms with van der Waals surface area (Å²) >= 11 is 13.0. The number of fused-ring (bicyclic) bond motifs is 1. The van der Waals surface area contributed by atoms with Crippen molar-refractivity contribution < 1.29 is 38.0 Å². The Morgan fingerprint density at radius 1 is 1.06 bits per heavy atom. The highest BCUT2D eigenvalue weighted by Gasteiger charge is 2.45. The Kier molecular flexibility index (Phi) is 7.80. The van der Waals surface area contributed by atoms with Gasteiger partial charge in [0.15, 0.2) is 11.6 Å². The van der Waals surface area contributed by atoms with E-state index in [9.17, 15) is 28.9 Å². The van der Waals surface area contributed by atoms with Gasteiger partial charge in [-0.2, -0.15) is 0 Å². The zero-order chi connectivity index (χ0) is 24.6. The summed E-state index contributed by atoms with van der Waals surface area (Å²) in [7, 11) is 0. The summed E-state index contributed by atoms with van der Waals surface area (Å²) in [6, 6.07) is 7.83. The first-order valence-electron chi connectivity index (χ1n) is 9.96. The van der Waals surface area contributed by atoms with Gasteiger partial charge in [0.25, 0.3) is 0 Å². The molecule has 1 fully saturated rings. The van der Waals surface area contributed by atoms with Gasteiger partial charge in [0.05, 0.1) is 34.2 Å². The Morgan fingerprint density at radius 3 is 2.53 bits per heavy atom. The molecule has 1 saturated heterocycles. The summed E-state index contributed by atoms with van der Waals surface area (Å²) in [5.74, 6) is -2.30. The van der Waals surface area contributed by atoms with Crippen molar-refractivity contribution in [1.29, 1.82) is 0 Å². The fourth-order valence-electron chi connectivity index (χ4n) is 3.49. The number of benzene rings is 2. The minimum atomic E-state index is -1.45. The van der Waals surface area contributed by atoms with Gasteiger partial charge < -0.3 is 29.2 Å². The molecule has 0 radical (unpaired) electrons. The van der Waals surface area contributed by atoms with E-state index in [4.69, 9.17) is 37.1 Å². The second-order valence-corrected chi connectivity index (χ2v) is 9.49. The van der Waals surface area contributed by atoms with Gasteiger partial charge >= 0.3 is 5.63 Å².